The molecular formula is C21H18F3NO3. The molecule has 0 spiro atoms. The van der Waals surface area contributed by atoms with E-state index in [1.807, 2.05) is 30.3 Å². The third-order valence-corrected chi connectivity index (χ3v) is 4.06. The zero-order valence-corrected chi connectivity index (χ0v) is 14.7. The van der Waals surface area contributed by atoms with Gasteiger partial charge in [0.05, 0.1) is 6.04 Å². The van der Waals surface area contributed by atoms with Crippen molar-refractivity contribution in [2.45, 2.75) is 19.0 Å². The Hall–Kier alpha value is -3.19. The first-order valence-corrected chi connectivity index (χ1v) is 8.43. The van der Waals surface area contributed by atoms with E-state index >= 15 is 0 Å². The van der Waals surface area contributed by atoms with E-state index in [4.69, 9.17) is 10.5 Å². The highest BCUT2D eigenvalue weighted by Crippen LogP contribution is 2.32. The van der Waals surface area contributed by atoms with Crippen molar-refractivity contribution in [3.63, 3.8) is 0 Å². The summed E-state index contributed by atoms with van der Waals surface area (Å²) >= 11 is 0. The SMILES string of the molecule is N[C@H](c1ccc(OC(F)(F)F)cc1)c1ccc(OCc2ccccc2)cc1O. The van der Waals surface area contributed by atoms with E-state index in [0.29, 0.717) is 23.5 Å². The highest BCUT2D eigenvalue weighted by Gasteiger charge is 2.31. The first kappa shape index (κ1) is 19.6. The van der Waals surface area contributed by atoms with Gasteiger partial charge in [-0.1, -0.05) is 42.5 Å². The van der Waals surface area contributed by atoms with Crippen molar-refractivity contribution in [3.05, 3.63) is 89.5 Å². The molecule has 28 heavy (non-hydrogen) atoms. The number of nitrogens with two attached hydrogens (primary N) is 1. The minimum atomic E-state index is -4.75. The smallest absolute Gasteiger partial charge is 0.507 e. The van der Waals surface area contributed by atoms with Gasteiger partial charge in [-0.15, -0.1) is 13.2 Å². The Morgan fingerprint density at radius 2 is 1.54 bits per heavy atom. The second-order valence-corrected chi connectivity index (χ2v) is 6.09. The van der Waals surface area contributed by atoms with Gasteiger partial charge in [-0.3, -0.25) is 0 Å². The van der Waals surface area contributed by atoms with Crippen molar-refractivity contribution >= 4 is 0 Å². The number of ether oxygens (including phenoxy) is 2. The van der Waals surface area contributed by atoms with Crippen LogP contribution in [0.25, 0.3) is 0 Å². The molecule has 3 aromatic rings. The second-order valence-electron chi connectivity index (χ2n) is 6.09. The second kappa shape index (κ2) is 8.22. The molecule has 0 unspecified atom stereocenters. The Balaban J connectivity index is 1.69. The lowest BCUT2D eigenvalue weighted by Crippen LogP contribution is -2.17. The molecule has 0 aliphatic carbocycles. The van der Waals surface area contributed by atoms with Crippen LogP contribution in [0.3, 0.4) is 0 Å². The predicted octanol–water partition coefficient (Wildman–Crippen LogP) is 4.92. The first-order valence-electron chi connectivity index (χ1n) is 8.43. The van der Waals surface area contributed by atoms with Crippen LogP contribution in [0.15, 0.2) is 72.8 Å². The van der Waals surface area contributed by atoms with Gasteiger partial charge in [0.1, 0.15) is 23.9 Å². The number of phenolic OH excluding ortho intramolecular Hbond substituents is 1. The largest absolute Gasteiger partial charge is 0.573 e. The summed E-state index contributed by atoms with van der Waals surface area (Å²) in [6.45, 7) is 0.354. The summed E-state index contributed by atoms with van der Waals surface area (Å²) in [5, 5.41) is 10.3. The molecule has 3 N–H and O–H groups in total. The third kappa shape index (κ3) is 5.17. The Kier molecular flexibility index (Phi) is 5.75. The van der Waals surface area contributed by atoms with Crippen molar-refractivity contribution in [1.29, 1.82) is 0 Å². The van der Waals surface area contributed by atoms with Crippen LogP contribution in [0.5, 0.6) is 17.2 Å². The molecule has 0 bridgehead atoms. The summed E-state index contributed by atoms with van der Waals surface area (Å²) in [4.78, 5) is 0. The highest BCUT2D eigenvalue weighted by molar-refractivity contribution is 5.45. The van der Waals surface area contributed by atoms with Gasteiger partial charge >= 0.3 is 6.36 Å². The molecule has 3 rings (SSSR count). The maximum Gasteiger partial charge on any atom is 0.573 e. The minimum absolute atomic E-state index is 0.0614. The van der Waals surface area contributed by atoms with Crippen LogP contribution in [0, 0.1) is 0 Å². The third-order valence-electron chi connectivity index (χ3n) is 4.06. The van der Waals surface area contributed by atoms with Gasteiger partial charge in [-0.05, 0) is 35.4 Å². The lowest BCUT2D eigenvalue weighted by atomic mass is 9.98. The molecule has 0 aliphatic heterocycles. The fourth-order valence-corrected chi connectivity index (χ4v) is 2.67. The zero-order valence-electron chi connectivity index (χ0n) is 14.7. The van der Waals surface area contributed by atoms with Gasteiger partial charge in [0, 0.05) is 11.6 Å². The molecule has 0 saturated carbocycles. The van der Waals surface area contributed by atoms with Gasteiger partial charge in [-0.2, -0.15) is 0 Å². The topological polar surface area (TPSA) is 64.7 Å². The van der Waals surface area contributed by atoms with Crippen molar-refractivity contribution < 1.29 is 27.8 Å². The summed E-state index contributed by atoms with van der Waals surface area (Å²) in [6.07, 6.45) is -4.75. The number of aromatic hydroxyl groups is 1. The van der Waals surface area contributed by atoms with E-state index in [0.717, 1.165) is 5.56 Å². The summed E-state index contributed by atoms with van der Waals surface area (Å²) in [7, 11) is 0. The molecule has 0 saturated heterocycles. The molecule has 0 amide bonds. The molecule has 146 valence electrons. The molecule has 1 atom stereocenters. The van der Waals surface area contributed by atoms with Crippen LogP contribution in [0.2, 0.25) is 0 Å². The van der Waals surface area contributed by atoms with E-state index in [2.05, 4.69) is 4.74 Å². The summed E-state index contributed by atoms with van der Waals surface area (Å²) in [5.41, 5.74) is 8.09. The molecule has 0 aromatic heterocycles. The molecule has 0 radical (unpaired) electrons. The van der Waals surface area contributed by atoms with E-state index in [1.54, 1.807) is 12.1 Å². The first-order chi connectivity index (χ1) is 13.3. The summed E-state index contributed by atoms with van der Waals surface area (Å²) in [6, 6.07) is 18.8. The van der Waals surface area contributed by atoms with Crippen LogP contribution in [-0.2, 0) is 6.61 Å². The summed E-state index contributed by atoms with van der Waals surface area (Å²) < 4.78 is 46.2. The Bertz CT molecular complexity index is 912. The molecule has 7 heteroatoms. The van der Waals surface area contributed by atoms with E-state index < -0.39 is 12.4 Å². The quantitative estimate of drug-likeness (QED) is 0.628. The number of rotatable bonds is 6. The van der Waals surface area contributed by atoms with Crippen LogP contribution in [0.1, 0.15) is 22.7 Å². The lowest BCUT2D eigenvalue weighted by Gasteiger charge is -2.16. The lowest BCUT2D eigenvalue weighted by molar-refractivity contribution is -0.274. The average Bonchev–Trinajstić information content (AvgIpc) is 2.66. The standard InChI is InChI=1S/C21H18F3NO3/c22-21(23,24)28-16-8-6-15(7-9-16)20(25)18-11-10-17(12-19(18)26)27-13-14-4-2-1-3-5-14/h1-12,20,26H,13,25H2/t20-/m1/s1. The van der Waals surface area contributed by atoms with Gasteiger partial charge in [-0.25, -0.2) is 0 Å². The zero-order chi connectivity index (χ0) is 20.1. The molecular weight excluding hydrogens is 371 g/mol. The maximum absolute atomic E-state index is 12.2. The van der Waals surface area contributed by atoms with Crippen molar-refractivity contribution in [1.82, 2.24) is 0 Å². The Morgan fingerprint density at radius 3 is 2.14 bits per heavy atom. The fraction of sp³-hybridized carbons (Fsp3) is 0.143. The van der Waals surface area contributed by atoms with Crippen LogP contribution in [0.4, 0.5) is 13.2 Å². The maximum atomic E-state index is 12.2. The van der Waals surface area contributed by atoms with Crippen LogP contribution in [-0.4, -0.2) is 11.5 Å². The molecule has 0 aliphatic rings. The molecule has 4 nitrogen and oxygen atoms in total. The highest BCUT2D eigenvalue weighted by atomic mass is 19.4. The minimum Gasteiger partial charge on any atom is -0.507 e. The molecule has 0 fully saturated rings. The van der Waals surface area contributed by atoms with Crippen molar-refractivity contribution in [2.75, 3.05) is 0 Å². The van der Waals surface area contributed by atoms with E-state index in [9.17, 15) is 18.3 Å². The van der Waals surface area contributed by atoms with Gasteiger partial charge in [0.2, 0.25) is 0 Å². The average molecular weight is 389 g/mol. The molecule has 3 aromatic carbocycles. The predicted molar refractivity (Wildman–Crippen MR) is 98.0 cm³/mol. The van der Waals surface area contributed by atoms with E-state index in [-0.39, 0.29) is 11.5 Å². The Morgan fingerprint density at radius 1 is 0.893 bits per heavy atom. The number of hydrogen-bond acceptors (Lipinski definition) is 4. The molecule has 0 heterocycles. The number of benzene rings is 3. The van der Waals surface area contributed by atoms with Crippen LogP contribution >= 0.6 is 0 Å². The number of alkyl halides is 3. The van der Waals surface area contributed by atoms with Crippen molar-refractivity contribution in [2.24, 2.45) is 5.73 Å². The normalized spacial score (nSPS) is 12.4. The van der Waals surface area contributed by atoms with E-state index in [1.165, 1.54) is 30.3 Å². The Labute approximate surface area is 159 Å². The van der Waals surface area contributed by atoms with Gasteiger partial charge in [0.25, 0.3) is 0 Å². The fourth-order valence-electron chi connectivity index (χ4n) is 2.67. The number of halogens is 3. The summed E-state index contributed by atoms with van der Waals surface area (Å²) in [5.74, 6) is 0.0808. The van der Waals surface area contributed by atoms with Crippen molar-refractivity contribution in [3.8, 4) is 17.2 Å². The van der Waals surface area contributed by atoms with Gasteiger partial charge < -0.3 is 20.3 Å². The number of phenols is 1. The number of hydrogen-bond donors (Lipinski definition) is 2. The van der Waals surface area contributed by atoms with Crippen LogP contribution < -0.4 is 15.2 Å². The monoisotopic (exact) mass is 389 g/mol. The van der Waals surface area contributed by atoms with Gasteiger partial charge in [0.15, 0.2) is 0 Å².